The van der Waals surface area contributed by atoms with Crippen LogP contribution in [0, 0.1) is 0 Å². The molecule has 0 aliphatic carbocycles. The van der Waals surface area contributed by atoms with Gasteiger partial charge in [0.15, 0.2) is 0 Å². The second kappa shape index (κ2) is 6.93. The summed E-state index contributed by atoms with van der Waals surface area (Å²) in [5.74, 6) is 0.149. The number of nitrogens with zero attached hydrogens (tertiary/aromatic N) is 4. The van der Waals surface area contributed by atoms with Crippen LogP contribution in [0.3, 0.4) is 0 Å². The van der Waals surface area contributed by atoms with Crippen molar-refractivity contribution < 1.29 is 4.79 Å². The Balaban J connectivity index is 1.64. The average Bonchev–Trinajstić information content (AvgIpc) is 3.04. The van der Waals surface area contributed by atoms with Crippen molar-refractivity contribution in [2.24, 2.45) is 0 Å². The number of aromatic nitrogens is 3. The van der Waals surface area contributed by atoms with E-state index in [9.17, 15) is 4.79 Å². The van der Waals surface area contributed by atoms with E-state index in [4.69, 9.17) is 0 Å². The summed E-state index contributed by atoms with van der Waals surface area (Å²) in [5, 5.41) is 6.00. The molecule has 0 radical (unpaired) electrons. The molecular formula is C15H19N5OS. The van der Waals surface area contributed by atoms with Crippen LogP contribution < -0.4 is 5.32 Å². The fourth-order valence-corrected chi connectivity index (χ4v) is 3.40. The maximum Gasteiger partial charge on any atom is 0.228 e. The van der Waals surface area contributed by atoms with Crippen molar-refractivity contribution in [3.63, 3.8) is 0 Å². The molecule has 1 aliphatic heterocycles. The zero-order chi connectivity index (χ0) is 15.4. The van der Waals surface area contributed by atoms with Gasteiger partial charge in [0.2, 0.25) is 5.91 Å². The van der Waals surface area contributed by atoms with Gasteiger partial charge in [0.25, 0.3) is 0 Å². The molecule has 3 heterocycles. The molecule has 22 heavy (non-hydrogen) atoms. The van der Waals surface area contributed by atoms with Crippen LogP contribution >= 0.6 is 11.3 Å². The van der Waals surface area contributed by atoms with Crippen molar-refractivity contribution in [3.05, 3.63) is 29.7 Å². The van der Waals surface area contributed by atoms with E-state index in [0.717, 1.165) is 42.3 Å². The largest absolute Gasteiger partial charge is 0.341 e. The van der Waals surface area contributed by atoms with Crippen molar-refractivity contribution in [2.45, 2.75) is 25.3 Å². The molecule has 2 aromatic rings. The minimum atomic E-state index is 0.149. The van der Waals surface area contributed by atoms with E-state index in [1.54, 1.807) is 18.6 Å². The van der Waals surface area contributed by atoms with Gasteiger partial charge in [0.05, 0.1) is 18.3 Å². The molecule has 7 heteroatoms. The molecule has 6 nitrogen and oxygen atoms in total. The van der Waals surface area contributed by atoms with E-state index in [1.165, 1.54) is 11.3 Å². The zero-order valence-electron chi connectivity index (χ0n) is 12.5. The standard InChI is InChI=1S/C15H19N5OS/c1-16-11-3-2-6-20(9-11)14(21)7-12-10-22-15(19-12)13-8-17-4-5-18-13/h4-5,8,10-11,16H,2-3,6-7,9H2,1H3/t11-/m0/s1. The minimum absolute atomic E-state index is 0.149. The van der Waals surface area contributed by atoms with Crippen LogP contribution in [0.5, 0.6) is 0 Å². The van der Waals surface area contributed by atoms with Crippen LogP contribution in [0.25, 0.3) is 10.7 Å². The Morgan fingerprint density at radius 2 is 2.41 bits per heavy atom. The molecule has 0 saturated carbocycles. The molecule has 1 N–H and O–H groups in total. The van der Waals surface area contributed by atoms with E-state index >= 15 is 0 Å². The third kappa shape index (κ3) is 3.48. The molecule has 0 unspecified atom stereocenters. The maximum absolute atomic E-state index is 12.4. The van der Waals surface area contributed by atoms with Crippen molar-refractivity contribution in [2.75, 3.05) is 20.1 Å². The van der Waals surface area contributed by atoms with Crippen molar-refractivity contribution in [1.29, 1.82) is 0 Å². The van der Waals surface area contributed by atoms with Gasteiger partial charge >= 0.3 is 0 Å². The number of thiazole rings is 1. The Hall–Kier alpha value is -1.86. The van der Waals surface area contributed by atoms with Crippen molar-refractivity contribution in [1.82, 2.24) is 25.2 Å². The lowest BCUT2D eigenvalue weighted by Crippen LogP contribution is -2.47. The van der Waals surface area contributed by atoms with Crippen LogP contribution in [0.4, 0.5) is 0 Å². The van der Waals surface area contributed by atoms with Gasteiger partial charge in [-0.3, -0.25) is 14.8 Å². The number of likely N-dealkylation sites (tertiary alicyclic amines) is 1. The fraction of sp³-hybridized carbons (Fsp3) is 0.467. The number of carbonyl (C=O) groups excluding carboxylic acids is 1. The topological polar surface area (TPSA) is 71.0 Å². The van der Waals surface area contributed by atoms with Crippen molar-refractivity contribution >= 4 is 17.2 Å². The Morgan fingerprint density at radius 1 is 1.50 bits per heavy atom. The van der Waals surface area contributed by atoms with E-state index in [2.05, 4.69) is 20.3 Å². The lowest BCUT2D eigenvalue weighted by Gasteiger charge is -2.32. The smallest absolute Gasteiger partial charge is 0.228 e. The molecule has 116 valence electrons. The Morgan fingerprint density at radius 3 is 3.18 bits per heavy atom. The monoisotopic (exact) mass is 317 g/mol. The number of carbonyl (C=O) groups is 1. The molecule has 0 bridgehead atoms. The Kier molecular flexibility index (Phi) is 4.74. The van der Waals surface area contributed by atoms with Gasteiger partial charge < -0.3 is 10.2 Å². The number of rotatable bonds is 4. The lowest BCUT2D eigenvalue weighted by molar-refractivity contribution is -0.131. The predicted molar refractivity (Wildman–Crippen MR) is 85.5 cm³/mol. The van der Waals surface area contributed by atoms with E-state index in [1.807, 2.05) is 17.3 Å². The van der Waals surface area contributed by atoms with Crippen LogP contribution in [0.15, 0.2) is 24.0 Å². The molecule has 2 aromatic heterocycles. The highest BCUT2D eigenvalue weighted by Crippen LogP contribution is 2.21. The summed E-state index contributed by atoms with van der Waals surface area (Å²) in [6, 6.07) is 0.406. The van der Waals surface area contributed by atoms with E-state index < -0.39 is 0 Å². The second-order valence-corrected chi connectivity index (χ2v) is 6.24. The molecule has 0 aromatic carbocycles. The maximum atomic E-state index is 12.4. The average molecular weight is 317 g/mol. The van der Waals surface area contributed by atoms with Crippen LogP contribution in [-0.4, -0.2) is 51.9 Å². The summed E-state index contributed by atoms with van der Waals surface area (Å²) in [4.78, 5) is 27.1. The second-order valence-electron chi connectivity index (χ2n) is 5.38. The van der Waals surface area contributed by atoms with Gasteiger partial charge in [-0.05, 0) is 19.9 Å². The minimum Gasteiger partial charge on any atom is -0.341 e. The third-order valence-electron chi connectivity index (χ3n) is 3.85. The summed E-state index contributed by atoms with van der Waals surface area (Å²) < 4.78 is 0. The van der Waals surface area contributed by atoms with Gasteiger partial charge in [-0.25, -0.2) is 4.98 Å². The van der Waals surface area contributed by atoms with Gasteiger partial charge in [0, 0.05) is 36.9 Å². The molecule has 1 atom stereocenters. The number of hydrogen-bond acceptors (Lipinski definition) is 6. The molecule has 1 fully saturated rings. The van der Waals surface area contributed by atoms with Gasteiger partial charge in [-0.1, -0.05) is 0 Å². The Labute approximate surface area is 133 Å². The number of amides is 1. The molecule has 1 aliphatic rings. The van der Waals surface area contributed by atoms with Gasteiger partial charge in [-0.2, -0.15) is 0 Å². The van der Waals surface area contributed by atoms with Crippen LogP contribution in [0.2, 0.25) is 0 Å². The fourth-order valence-electron chi connectivity index (χ4n) is 2.62. The first-order valence-corrected chi connectivity index (χ1v) is 8.30. The first kappa shape index (κ1) is 15.1. The first-order chi connectivity index (χ1) is 10.8. The normalized spacial score (nSPS) is 18.4. The number of hydrogen-bond donors (Lipinski definition) is 1. The summed E-state index contributed by atoms with van der Waals surface area (Å²) in [6.45, 7) is 1.63. The number of likely N-dealkylation sites (N-methyl/N-ethyl adjacent to an activating group) is 1. The SMILES string of the molecule is CN[C@H]1CCCN(C(=O)Cc2csc(-c3cnccn3)n2)C1. The van der Waals surface area contributed by atoms with E-state index in [0.29, 0.717) is 12.5 Å². The number of piperidine rings is 1. The van der Waals surface area contributed by atoms with Crippen LogP contribution in [0.1, 0.15) is 18.5 Å². The lowest BCUT2D eigenvalue weighted by atomic mass is 10.1. The number of nitrogens with one attached hydrogen (secondary N) is 1. The molecular weight excluding hydrogens is 298 g/mol. The third-order valence-corrected chi connectivity index (χ3v) is 4.76. The first-order valence-electron chi connectivity index (χ1n) is 7.42. The molecule has 1 amide bonds. The molecule has 3 rings (SSSR count). The van der Waals surface area contributed by atoms with Crippen LogP contribution in [-0.2, 0) is 11.2 Å². The van der Waals surface area contributed by atoms with Gasteiger partial charge in [0.1, 0.15) is 10.7 Å². The summed E-state index contributed by atoms with van der Waals surface area (Å²) in [5.41, 5.74) is 1.56. The summed E-state index contributed by atoms with van der Waals surface area (Å²) >= 11 is 1.50. The summed E-state index contributed by atoms with van der Waals surface area (Å²) in [6.07, 6.45) is 7.51. The van der Waals surface area contributed by atoms with E-state index in [-0.39, 0.29) is 5.91 Å². The highest BCUT2D eigenvalue weighted by molar-refractivity contribution is 7.13. The highest BCUT2D eigenvalue weighted by atomic mass is 32.1. The highest BCUT2D eigenvalue weighted by Gasteiger charge is 2.23. The Bertz CT molecular complexity index is 630. The molecule has 1 saturated heterocycles. The quantitative estimate of drug-likeness (QED) is 0.922. The van der Waals surface area contributed by atoms with Crippen molar-refractivity contribution in [3.8, 4) is 10.7 Å². The summed E-state index contributed by atoms with van der Waals surface area (Å²) in [7, 11) is 1.95. The van der Waals surface area contributed by atoms with Gasteiger partial charge in [-0.15, -0.1) is 11.3 Å². The predicted octanol–water partition coefficient (Wildman–Crippen LogP) is 1.35. The zero-order valence-corrected chi connectivity index (χ0v) is 13.3. The molecule has 0 spiro atoms.